The van der Waals surface area contributed by atoms with Gasteiger partial charge in [0.2, 0.25) is 0 Å². The highest BCUT2D eigenvalue weighted by molar-refractivity contribution is 7.20. The minimum absolute atomic E-state index is 0.173. The van der Waals surface area contributed by atoms with Crippen LogP contribution in [0.2, 0.25) is 0 Å². The molecule has 0 spiro atoms. The maximum Gasteiger partial charge on any atom is 0.266 e. The monoisotopic (exact) mass is 398 g/mol. The number of hydrogen-bond donors (Lipinski definition) is 2. The lowest BCUT2D eigenvalue weighted by molar-refractivity contribution is 0.0919. The molecule has 0 unspecified atom stereocenters. The van der Waals surface area contributed by atoms with Crippen molar-refractivity contribution >= 4 is 39.1 Å². The molecule has 28 heavy (non-hydrogen) atoms. The molecule has 8 heteroatoms. The molecule has 3 aromatic rings. The van der Waals surface area contributed by atoms with Gasteiger partial charge in [-0.15, -0.1) is 11.3 Å². The summed E-state index contributed by atoms with van der Waals surface area (Å²) in [7, 11) is 1.63. The number of rotatable bonds is 3. The van der Waals surface area contributed by atoms with Crippen molar-refractivity contribution in [2.45, 2.75) is 33.2 Å². The third kappa shape index (κ3) is 3.96. The van der Waals surface area contributed by atoms with Crippen LogP contribution in [0.25, 0.3) is 10.2 Å². The molecule has 0 radical (unpaired) electrons. The second-order valence-electron chi connectivity index (χ2n) is 7.63. The average Bonchev–Trinajstić information content (AvgIpc) is 2.95. The quantitative estimate of drug-likeness (QED) is 0.709. The van der Waals surface area contributed by atoms with Crippen LogP contribution in [-0.2, 0) is 7.05 Å². The van der Waals surface area contributed by atoms with E-state index in [-0.39, 0.29) is 22.9 Å². The van der Waals surface area contributed by atoms with Gasteiger partial charge in [0.05, 0.1) is 16.6 Å². The molecule has 0 saturated carbocycles. The number of benzene rings is 1. The van der Waals surface area contributed by atoms with Crippen molar-refractivity contribution in [2.24, 2.45) is 7.05 Å². The van der Waals surface area contributed by atoms with Crippen molar-refractivity contribution in [1.29, 1.82) is 0 Å². The van der Waals surface area contributed by atoms with Gasteiger partial charge in [0.15, 0.2) is 0 Å². The normalized spacial score (nSPS) is 11.5. The number of carbonyl (C=O) groups excluding carboxylic acids is 2. The molecule has 2 amide bonds. The van der Waals surface area contributed by atoms with Crippen LogP contribution in [0.15, 0.2) is 35.4 Å². The van der Waals surface area contributed by atoms with E-state index in [0.717, 1.165) is 0 Å². The van der Waals surface area contributed by atoms with Gasteiger partial charge < -0.3 is 15.2 Å². The van der Waals surface area contributed by atoms with Crippen LogP contribution in [0.1, 0.15) is 46.4 Å². The van der Waals surface area contributed by atoms with Crippen molar-refractivity contribution in [3.05, 3.63) is 57.0 Å². The first-order valence-corrected chi connectivity index (χ1v) is 9.57. The third-order valence-corrected chi connectivity index (χ3v) is 5.31. The first-order valence-electron chi connectivity index (χ1n) is 8.75. The molecule has 7 nitrogen and oxygen atoms in total. The number of nitrogens with zero attached hydrogens (tertiary/aromatic N) is 2. The fourth-order valence-electron chi connectivity index (χ4n) is 2.73. The third-order valence-electron chi connectivity index (χ3n) is 4.11. The van der Waals surface area contributed by atoms with E-state index in [9.17, 15) is 14.4 Å². The Balaban J connectivity index is 1.81. The topological polar surface area (TPSA) is 93.1 Å². The molecular formula is C20H22N4O3S. The Morgan fingerprint density at radius 3 is 2.36 bits per heavy atom. The van der Waals surface area contributed by atoms with E-state index < -0.39 is 0 Å². The number of anilines is 1. The largest absolute Gasteiger partial charge is 0.347 e. The van der Waals surface area contributed by atoms with Gasteiger partial charge in [-0.05, 0) is 57.5 Å². The summed E-state index contributed by atoms with van der Waals surface area (Å²) < 4.78 is 1.39. The number of aryl methyl sites for hydroxylation is 2. The Kier molecular flexibility index (Phi) is 5.08. The van der Waals surface area contributed by atoms with E-state index in [1.54, 1.807) is 38.2 Å². The van der Waals surface area contributed by atoms with Crippen molar-refractivity contribution in [3.8, 4) is 0 Å². The molecule has 0 atom stereocenters. The van der Waals surface area contributed by atoms with Gasteiger partial charge in [-0.1, -0.05) is 0 Å². The van der Waals surface area contributed by atoms with E-state index in [1.807, 2.05) is 20.8 Å². The maximum absolute atomic E-state index is 12.7. The summed E-state index contributed by atoms with van der Waals surface area (Å²) >= 11 is 1.19. The Hall–Kier alpha value is -3.00. The number of fused-ring (bicyclic) bond motifs is 1. The zero-order valence-corrected chi connectivity index (χ0v) is 17.2. The number of hydrogen-bond acceptors (Lipinski definition) is 5. The van der Waals surface area contributed by atoms with Crippen LogP contribution in [0.5, 0.6) is 0 Å². The van der Waals surface area contributed by atoms with Crippen molar-refractivity contribution < 1.29 is 9.59 Å². The fraction of sp³-hybridized carbons (Fsp3) is 0.300. The van der Waals surface area contributed by atoms with Gasteiger partial charge in [-0.2, -0.15) is 0 Å². The molecule has 0 fully saturated rings. The molecule has 0 bridgehead atoms. The summed E-state index contributed by atoms with van der Waals surface area (Å²) in [5.41, 5.74) is 1.20. The van der Waals surface area contributed by atoms with Gasteiger partial charge in [-0.3, -0.25) is 14.4 Å². The Labute approximate surface area is 166 Å². The molecule has 2 N–H and O–H groups in total. The predicted octanol–water partition coefficient (Wildman–Crippen LogP) is 3.08. The zero-order valence-electron chi connectivity index (χ0n) is 16.4. The highest BCUT2D eigenvalue weighted by Crippen LogP contribution is 2.27. The highest BCUT2D eigenvalue weighted by Gasteiger charge is 2.19. The van der Waals surface area contributed by atoms with Gasteiger partial charge in [0, 0.05) is 23.8 Å². The fourth-order valence-corrected chi connectivity index (χ4v) is 3.77. The standard InChI is InChI=1S/C20H22N4O3S/c1-11-14-18(21-10-24(5)19(14)27)28-15(11)17(26)22-13-8-6-12(7-9-13)16(25)23-20(2,3)4/h6-10H,1-5H3,(H,22,26)(H,23,25). The van der Waals surface area contributed by atoms with E-state index in [4.69, 9.17) is 0 Å². The number of amides is 2. The number of thiophene rings is 1. The molecule has 2 aromatic heterocycles. The Morgan fingerprint density at radius 2 is 1.75 bits per heavy atom. The van der Waals surface area contributed by atoms with E-state index >= 15 is 0 Å². The molecule has 0 aliphatic carbocycles. The molecule has 0 saturated heterocycles. The minimum atomic E-state index is -0.326. The predicted molar refractivity (Wildman–Crippen MR) is 111 cm³/mol. The lowest BCUT2D eigenvalue weighted by atomic mass is 10.1. The molecule has 1 aromatic carbocycles. The smallest absolute Gasteiger partial charge is 0.266 e. The first-order chi connectivity index (χ1) is 13.1. The van der Waals surface area contributed by atoms with Crippen LogP contribution in [0.4, 0.5) is 5.69 Å². The van der Waals surface area contributed by atoms with Crippen molar-refractivity contribution in [1.82, 2.24) is 14.9 Å². The van der Waals surface area contributed by atoms with Crippen LogP contribution < -0.4 is 16.2 Å². The number of aromatic nitrogens is 2. The van der Waals surface area contributed by atoms with Gasteiger partial charge in [-0.25, -0.2) is 4.98 Å². The molecule has 2 heterocycles. The number of carbonyl (C=O) groups is 2. The minimum Gasteiger partial charge on any atom is -0.347 e. The Morgan fingerprint density at radius 1 is 1.11 bits per heavy atom. The van der Waals surface area contributed by atoms with Crippen LogP contribution in [0, 0.1) is 6.92 Å². The average molecular weight is 398 g/mol. The van der Waals surface area contributed by atoms with Gasteiger partial charge in [0.25, 0.3) is 17.4 Å². The maximum atomic E-state index is 12.7. The molecule has 0 aliphatic heterocycles. The zero-order chi connectivity index (χ0) is 20.6. The second-order valence-corrected chi connectivity index (χ2v) is 8.63. The molecule has 3 rings (SSSR count). The first kappa shape index (κ1) is 19.8. The SMILES string of the molecule is Cc1c(C(=O)Nc2ccc(C(=O)NC(C)(C)C)cc2)sc2ncn(C)c(=O)c12. The van der Waals surface area contributed by atoms with E-state index in [2.05, 4.69) is 15.6 Å². The van der Waals surface area contributed by atoms with Crippen LogP contribution >= 0.6 is 11.3 Å². The number of nitrogens with one attached hydrogen (secondary N) is 2. The lowest BCUT2D eigenvalue weighted by Gasteiger charge is -2.20. The molecule has 0 aliphatic rings. The second kappa shape index (κ2) is 7.20. The van der Waals surface area contributed by atoms with Gasteiger partial charge in [0.1, 0.15) is 4.83 Å². The summed E-state index contributed by atoms with van der Waals surface area (Å²) in [6.45, 7) is 7.48. The van der Waals surface area contributed by atoms with E-state index in [1.165, 1.54) is 22.2 Å². The van der Waals surface area contributed by atoms with Crippen molar-refractivity contribution in [2.75, 3.05) is 5.32 Å². The highest BCUT2D eigenvalue weighted by atomic mass is 32.1. The summed E-state index contributed by atoms with van der Waals surface area (Å²) in [4.78, 5) is 42.4. The lowest BCUT2D eigenvalue weighted by Crippen LogP contribution is -2.40. The Bertz CT molecular complexity index is 1120. The summed E-state index contributed by atoms with van der Waals surface area (Å²) in [5, 5.41) is 6.17. The van der Waals surface area contributed by atoms with E-state index in [0.29, 0.717) is 31.9 Å². The van der Waals surface area contributed by atoms with Gasteiger partial charge >= 0.3 is 0 Å². The van der Waals surface area contributed by atoms with Crippen LogP contribution in [-0.4, -0.2) is 26.9 Å². The summed E-state index contributed by atoms with van der Waals surface area (Å²) in [5.74, 6) is -0.484. The summed E-state index contributed by atoms with van der Waals surface area (Å²) in [6, 6.07) is 6.67. The molecular weight excluding hydrogens is 376 g/mol. The van der Waals surface area contributed by atoms with Crippen molar-refractivity contribution in [3.63, 3.8) is 0 Å². The summed E-state index contributed by atoms with van der Waals surface area (Å²) in [6.07, 6.45) is 1.45. The molecule has 146 valence electrons. The van der Waals surface area contributed by atoms with Crippen LogP contribution in [0.3, 0.4) is 0 Å².